The zero-order valence-corrected chi connectivity index (χ0v) is 17.1. The first-order chi connectivity index (χ1) is 14.2. The number of benzene rings is 1. The Labute approximate surface area is 173 Å². The third-order valence-corrected chi connectivity index (χ3v) is 4.41. The summed E-state index contributed by atoms with van der Waals surface area (Å²) in [4.78, 5) is 22.3. The van der Waals surface area contributed by atoms with E-state index in [1.165, 1.54) is 27.3 Å². The molecule has 0 aliphatic carbocycles. The summed E-state index contributed by atoms with van der Waals surface area (Å²) < 4.78 is 8.65. The first kappa shape index (κ1) is 21.0. The van der Waals surface area contributed by atoms with Gasteiger partial charge in [-0.15, -0.1) is 0 Å². The SMILES string of the molecule is CC(C)(C)c1ccc(OCn2ccc(C(=O)NCCn3cc([N+](=O)[O-])cn3)n2)cc1. The fraction of sp³-hybridized carbons (Fsp3) is 0.350. The number of nitrogens with one attached hydrogen (secondary N) is 1. The van der Waals surface area contributed by atoms with Crippen LogP contribution in [0.15, 0.2) is 48.9 Å². The molecular formula is C20H24N6O4. The lowest BCUT2D eigenvalue weighted by Crippen LogP contribution is -2.28. The van der Waals surface area contributed by atoms with E-state index in [0.29, 0.717) is 6.54 Å². The molecule has 2 aromatic heterocycles. The van der Waals surface area contributed by atoms with Gasteiger partial charge in [0.05, 0.1) is 11.5 Å². The minimum absolute atomic E-state index is 0.0783. The monoisotopic (exact) mass is 412 g/mol. The van der Waals surface area contributed by atoms with Crippen LogP contribution >= 0.6 is 0 Å². The number of amides is 1. The molecule has 0 radical (unpaired) electrons. The predicted octanol–water partition coefficient (Wildman–Crippen LogP) is 2.75. The second kappa shape index (κ2) is 8.76. The van der Waals surface area contributed by atoms with Crippen LogP contribution in [0.5, 0.6) is 5.75 Å². The van der Waals surface area contributed by atoms with Gasteiger partial charge < -0.3 is 10.1 Å². The first-order valence-electron chi connectivity index (χ1n) is 9.44. The molecule has 0 aliphatic rings. The molecule has 158 valence electrons. The van der Waals surface area contributed by atoms with Crippen molar-refractivity contribution >= 4 is 11.6 Å². The van der Waals surface area contributed by atoms with Crippen molar-refractivity contribution in [1.29, 1.82) is 0 Å². The molecule has 3 aromatic rings. The molecule has 0 saturated heterocycles. The van der Waals surface area contributed by atoms with E-state index in [1.54, 1.807) is 12.3 Å². The quantitative estimate of drug-likeness (QED) is 0.449. The largest absolute Gasteiger partial charge is 0.471 e. The summed E-state index contributed by atoms with van der Waals surface area (Å²) >= 11 is 0. The molecule has 3 rings (SSSR count). The van der Waals surface area contributed by atoms with Gasteiger partial charge in [-0.3, -0.25) is 19.6 Å². The Morgan fingerprint density at radius 1 is 1.20 bits per heavy atom. The van der Waals surface area contributed by atoms with Crippen LogP contribution in [-0.2, 0) is 18.7 Å². The highest BCUT2D eigenvalue weighted by atomic mass is 16.6. The molecule has 1 amide bonds. The molecule has 1 aromatic carbocycles. The van der Waals surface area contributed by atoms with E-state index >= 15 is 0 Å². The van der Waals surface area contributed by atoms with E-state index in [4.69, 9.17) is 4.74 Å². The van der Waals surface area contributed by atoms with E-state index in [2.05, 4.69) is 36.3 Å². The maximum absolute atomic E-state index is 12.2. The van der Waals surface area contributed by atoms with Crippen LogP contribution in [0.3, 0.4) is 0 Å². The minimum atomic E-state index is -0.518. The van der Waals surface area contributed by atoms with Crippen molar-refractivity contribution < 1.29 is 14.5 Å². The van der Waals surface area contributed by atoms with E-state index < -0.39 is 4.92 Å². The number of aromatic nitrogens is 4. The number of hydrogen-bond acceptors (Lipinski definition) is 6. The van der Waals surface area contributed by atoms with Crippen LogP contribution in [0, 0.1) is 10.1 Å². The highest BCUT2D eigenvalue weighted by molar-refractivity contribution is 5.92. The van der Waals surface area contributed by atoms with Gasteiger partial charge in [-0.1, -0.05) is 32.9 Å². The van der Waals surface area contributed by atoms with E-state index in [0.717, 1.165) is 5.75 Å². The van der Waals surface area contributed by atoms with Crippen molar-refractivity contribution in [3.8, 4) is 5.75 Å². The lowest BCUT2D eigenvalue weighted by molar-refractivity contribution is -0.385. The van der Waals surface area contributed by atoms with Gasteiger partial charge in [0.25, 0.3) is 5.91 Å². The van der Waals surface area contributed by atoms with Gasteiger partial charge in [-0.25, -0.2) is 4.68 Å². The Balaban J connectivity index is 1.46. The third-order valence-electron chi connectivity index (χ3n) is 4.41. The number of carbonyl (C=O) groups is 1. The fourth-order valence-corrected chi connectivity index (χ4v) is 2.69. The smallest absolute Gasteiger partial charge is 0.306 e. The summed E-state index contributed by atoms with van der Waals surface area (Å²) in [5.41, 5.74) is 1.47. The Morgan fingerprint density at radius 2 is 1.93 bits per heavy atom. The Bertz CT molecular complexity index is 1020. The topological polar surface area (TPSA) is 117 Å². The van der Waals surface area contributed by atoms with Crippen molar-refractivity contribution in [2.75, 3.05) is 6.54 Å². The Morgan fingerprint density at radius 3 is 2.57 bits per heavy atom. The van der Waals surface area contributed by atoms with Crippen molar-refractivity contribution in [2.24, 2.45) is 0 Å². The van der Waals surface area contributed by atoms with Crippen LogP contribution in [0.4, 0.5) is 5.69 Å². The maximum Gasteiger partial charge on any atom is 0.306 e. The molecule has 0 bridgehead atoms. The molecule has 1 N–H and O–H groups in total. The van der Waals surface area contributed by atoms with Crippen LogP contribution in [0.25, 0.3) is 0 Å². The number of rotatable bonds is 8. The van der Waals surface area contributed by atoms with E-state index in [9.17, 15) is 14.9 Å². The molecule has 0 saturated carbocycles. The molecule has 10 heteroatoms. The zero-order chi connectivity index (χ0) is 21.7. The van der Waals surface area contributed by atoms with Crippen LogP contribution in [0.2, 0.25) is 0 Å². The fourth-order valence-electron chi connectivity index (χ4n) is 2.69. The molecule has 10 nitrogen and oxygen atoms in total. The summed E-state index contributed by atoms with van der Waals surface area (Å²) in [6, 6.07) is 9.49. The molecular weight excluding hydrogens is 388 g/mol. The first-order valence-corrected chi connectivity index (χ1v) is 9.44. The van der Waals surface area contributed by atoms with Crippen molar-refractivity contribution in [3.05, 3.63) is 70.3 Å². The van der Waals surface area contributed by atoms with Gasteiger partial charge >= 0.3 is 5.69 Å². The summed E-state index contributed by atoms with van der Waals surface area (Å²) in [5.74, 6) is 0.378. The maximum atomic E-state index is 12.2. The summed E-state index contributed by atoms with van der Waals surface area (Å²) in [5, 5.41) is 21.4. The molecule has 0 unspecified atom stereocenters. The zero-order valence-electron chi connectivity index (χ0n) is 17.1. The summed E-state index contributed by atoms with van der Waals surface area (Å²) in [7, 11) is 0. The highest BCUT2D eigenvalue weighted by Gasteiger charge is 2.13. The summed E-state index contributed by atoms with van der Waals surface area (Å²) in [6.07, 6.45) is 4.14. The van der Waals surface area contributed by atoms with Crippen molar-refractivity contribution in [1.82, 2.24) is 24.9 Å². The van der Waals surface area contributed by atoms with Gasteiger partial charge in [-0.05, 0) is 29.2 Å². The number of ether oxygens (including phenoxy) is 1. The second-order valence-corrected chi connectivity index (χ2v) is 7.76. The molecule has 0 fully saturated rings. The number of carbonyl (C=O) groups excluding carboxylic acids is 1. The van der Waals surface area contributed by atoms with Gasteiger partial charge in [0.1, 0.15) is 23.8 Å². The molecule has 0 aliphatic heterocycles. The van der Waals surface area contributed by atoms with Crippen molar-refractivity contribution in [2.45, 2.75) is 39.5 Å². The third kappa shape index (κ3) is 5.43. The number of hydrogen-bond donors (Lipinski definition) is 1. The average Bonchev–Trinajstić information content (AvgIpc) is 3.36. The van der Waals surface area contributed by atoms with Crippen LogP contribution in [-0.4, -0.2) is 36.9 Å². The van der Waals surface area contributed by atoms with Crippen molar-refractivity contribution in [3.63, 3.8) is 0 Å². The lowest BCUT2D eigenvalue weighted by atomic mass is 9.87. The van der Waals surface area contributed by atoms with Gasteiger partial charge in [0.2, 0.25) is 0 Å². The minimum Gasteiger partial charge on any atom is -0.471 e. The predicted molar refractivity (Wildman–Crippen MR) is 109 cm³/mol. The standard InChI is InChI=1S/C20H24N6O4/c1-20(2,3)15-4-6-17(7-5-15)30-14-25-10-8-18(23-25)19(27)21-9-11-24-13-16(12-22-24)26(28)29/h4-8,10,12-13H,9,11,14H2,1-3H3,(H,21,27). The normalized spacial score (nSPS) is 11.3. The van der Waals surface area contributed by atoms with Crippen LogP contribution < -0.4 is 10.1 Å². The van der Waals surface area contributed by atoms with Gasteiger partial charge in [0.15, 0.2) is 6.73 Å². The van der Waals surface area contributed by atoms with E-state index in [1.807, 2.05) is 24.3 Å². The lowest BCUT2D eigenvalue weighted by Gasteiger charge is -2.19. The molecule has 0 spiro atoms. The second-order valence-electron chi connectivity index (χ2n) is 7.76. The van der Waals surface area contributed by atoms with Gasteiger partial charge in [0, 0.05) is 12.7 Å². The van der Waals surface area contributed by atoms with E-state index in [-0.39, 0.29) is 36.0 Å². The average molecular weight is 412 g/mol. The number of nitrogens with zero attached hydrogens (tertiary/aromatic N) is 5. The molecule has 0 atom stereocenters. The molecule has 30 heavy (non-hydrogen) atoms. The van der Waals surface area contributed by atoms with Crippen LogP contribution in [0.1, 0.15) is 36.8 Å². The Hall–Kier alpha value is -3.69. The van der Waals surface area contributed by atoms with Gasteiger partial charge in [-0.2, -0.15) is 10.2 Å². The summed E-state index contributed by atoms with van der Waals surface area (Å²) in [6.45, 7) is 7.21. The molecule has 2 heterocycles. The Kier molecular flexibility index (Phi) is 6.14. The highest BCUT2D eigenvalue weighted by Crippen LogP contribution is 2.24. The number of nitro groups is 1.